The molecule has 0 saturated heterocycles. The molecule has 3 aromatic carbocycles. The lowest BCUT2D eigenvalue weighted by atomic mass is 9.76. The Balaban J connectivity index is 2.19. The number of fused-ring (bicyclic) bond motifs is 1. The summed E-state index contributed by atoms with van der Waals surface area (Å²) in [6.07, 6.45) is -0.356. The van der Waals surface area contributed by atoms with Crippen molar-refractivity contribution in [2.75, 3.05) is 11.6 Å². The minimum Gasteiger partial charge on any atom is -0.507 e. The van der Waals surface area contributed by atoms with Crippen LogP contribution in [0, 0.1) is 5.41 Å². The third-order valence-electron chi connectivity index (χ3n) is 9.61. The van der Waals surface area contributed by atoms with Crippen molar-refractivity contribution in [2.24, 2.45) is 5.41 Å². The molecule has 0 aliphatic rings. The molecular weight excluding hydrogens is 606 g/mol. The Morgan fingerprint density at radius 2 is 1.48 bits per heavy atom. The molecule has 0 aliphatic heterocycles. The molecule has 0 aliphatic carbocycles. The number of esters is 1. The molecule has 2 N–H and O–H groups in total. The second-order valence-corrected chi connectivity index (χ2v) is 15.0. The maximum Gasteiger partial charge on any atom is 0.303 e. The number of aliphatic hydroxyl groups is 1. The fraction of sp³-hybridized carbons (Fsp3) is 0.525. The highest BCUT2D eigenvalue weighted by Gasteiger charge is 2.37. The van der Waals surface area contributed by atoms with Crippen molar-refractivity contribution in [1.29, 1.82) is 0 Å². The molecule has 0 spiro atoms. The summed E-state index contributed by atoms with van der Waals surface area (Å²) in [6, 6.07) is 15.3. The van der Waals surface area contributed by atoms with E-state index in [2.05, 4.69) is 59.7 Å². The van der Waals surface area contributed by atoms with Gasteiger partial charge in [-0.05, 0) is 76.4 Å². The fourth-order valence-electron chi connectivity index (χ4n) is 5.50. The van der Waals surface area contributed by atoms with Crippen LogP contribution in [0.4, 0.5) is 11.4 Å². The van der Waals surface area contributed by atoms with Crippen molar-refractivity contribution in [1.82, 2.24) is 0 Å². The minimum atomic E-state index is -1.52. The molecule has 2 atom stereocenters. The number of carbonyl (C=O) groups is 3. The van der Waals surface area contributed by atoms with Crippen LogP contribution in [0.3, 0.4) is 0 Å². The van der Waals surface area contributed by atoms with Gasteiger partial charge in [-0.1, -0.05) is 93.5 Å². The SMILES string of the molecule is CCC(O)OCN(c1ccc2c(CC(=O)C(OC(C)=O)C(=O)C(C)(C)C)ccc(O)c2c1)c1ccc(C(C)(C)CC)cc1C(C)(C)CC. The quantitative estimate of drug-likeness (QED) is 0.0948. The number of carbonyl (C=O) groups excluding carboxylic acids is 3. The lowest BCUT2D eigenvalue weighted by molar-refractivity contribution is -0.161. The normalized spacial score (nSPS) is 13.7. The van der Waals surface area contributed by atoms with Gasteiger partial charge in [0, 0.05) is 35.5 Å². The summed E-state index contributed by atoms with van der Waals surface area (Å²) in [5.74, 6) is -1.70. The number of benzene rings is 3. The molecule has 3 aromatic rings. The molecule has 262 valence electrons. The highest BCUT2D eigenvalue weighted by atomic mass is 16.6. The number of hydrogen-bond donors (Lipinski definition) is 2. The Bertz CT molecular complexity index is 1630. The number of aromatic hydroxyl groups is 1. The number of nitrogens with zero attached hydrogens (tertiary/aromatic N) is 1. The first-order chi connectivity index (χ1) is 22.3. The van der Waals surface area contributed by atoms with Gasteiger partial charge < -0.3 is 24.6 Å². The van der Waals surface area contributed by atoms with Crippen molar-refractivity contribution in [3.05, 3.63) is 65.2 Å². The van der Waals surface area contributed by atoms with Gasteiger partial charge in [-0.25, -0.2) is 0 Å². The number of Topliss-reactive ketones (excluding diaryl/α,β-unsaturated/α-hetero) is 2. The molecule has 0 fully saturated rings. The van der Waals surface area contributed by atoms with E-state index in [4.69, 9.17) is 9.47 Å². The zero-order chi connectivity index (χ0) is 36.2. The van der Waals surface area contributed by atoms with Gasteiger partial charge in [0.05, 0.1) is 0 Å². The molecular formula is C40H55NO7. The van der Waals surface area contributed by atoms with E-state index in [1.807, 2.05) is 30.0 Å². The number of anilines is 2. The Morgan fingerprint density at radius 1 is 0.833 bits per heavy atom. The molecule has 0 saturated carbocycles. The van der Waals surface area contributed by atoms with E-state index in [9.17, 15) is 24.6 Å². The van der Waals surface area contributed by atoms with Crippen LogP contribution in [0.15, 0.2) is 48.5 Å². The number of ketones is 2. The molecule has 8 heteroatoms. The van der Waals surface area contributed by atoms with Crippen LogP contribution in [0.25, 0.3) is 10.8 Å². The maximum absolute atomic E-state index is 13.5. The highest BCUT2D eigenvalue weighted by molar-refractivity contribution is 6.10. The number of phenols is 1. The van der Waals surface area contributed by atoms with Gasteiger partial charge >= 0.3 is 5.97 Å². The van der Waals surface area contributed by atoms with E-state index in [1.54, 1.807) is 26.8 Å². The molecule has 2 unspecified atom stereocenters. The van der Waals surface area contributed by atoms with E-state index >= 15 is 0 Å². The van der Waals surface area contributed by atoms with Crippen LogP contribution >= 0.6 is 0 Å². The summed E-state index contributed by atoms with van der Waals surface area (Å²) >= 11 is 0. The third kappa shape index (κ3) is 8.83. The molecule has 8 nitrogen and oxygen atoms in total. The van der Waals surface area contributed by atoms with Crippen LogP contribution in [-0.4, -0.2) is 46.9 Å². The molecule has 0 radical (unpaired) electrons. The summed E-state index contributed by atoms with van der Waals surface area (Å²) in [6.45, 7) is 21.4. The summed E-state index contributed by atoms with van der Waals surface area (Å²) in [5.41, 5.74) is 3.51. The molecule has 0 amide bonds. The van der Waals surface area contributed by atoms with E-state index in [0.717, 1.165) is 29.8 Å². The molecule has 0 bridgehead atoms. The van der Waals surface area contributed by atoms with Crippen molar-refractivity contribution in [3.63, 3.8) is 0 Å². The maximum atomic E-state index is 13.5. The topological polar surface area (TPSA) is 113 Å². The van der Waals surface area contributed by atoms with Crippen molar-refractivity contribution < 1.29 is 34.1 Å². The van der Waals surface area contributed by atoms with Gasteiger partial charge in [-0.3, -0.25) is 14.4 Å². The largest absolute Gasteiger partial charge is 0.507 e. The van der Waals surface area contributed by atoms with Gasteiger partial charge in [-0.2, -0.15) is 0 Å². The second kappa shape index (κ2) is 15.2. The van der Waals surface area contributed by atoms with Crippen LogP contribution in [-0.2, 0) is 41.1 Å². The predicted molar refractivity (Wildman–Crippen MR) is 192 cm³/mol. The molecule has 48 heavy (non-hydrogen) atoms. The Morgan fingerprint density at radius 3 is 2.04 bits per heavy atom. The van der Waals surface area contributed by atoms with Crippen LogP contribution in [0.2, 0.25) is 0 Å². The molecule has 0 aromatic heterocycles. The lowest BCUT2D eigenvalue weighted by Crippen LogP contribution is -2.42. The Kier molecular flexibility index (Phi) is 12.3. The Hall–Kier alpha value is -3.75. The Labute approximate surface area is 286 Å². The summed E-state index contributed by atoms with van der Waals surface area (Å²) in [4.78, 5) is 40.4. The van der Waals surface area contributed by atoms with Crippen molar-refractivity contribution >= 4 is 39.7 Å². The third-order valence-corrected chi connectivity index (χ3v) is 9.61. The number of aliphatic hydroxyl groups excluding tert-OH is 1. The van der Waals surface area contributed by atoms with Gasteiger partial charge in [0.1, 0.15) is 12.5 Å². The fourth-order valence-corrected chi connectivity index (χ4v) is 5.50. The second-order valence-electron chi connectivity index (χ2n) is 15.0. The molecule has 3 rings (SSSR count). The number of hydrogen-bond acceptors (Lipinski definition) is 8. The first kappa shape index (κ1) is 38.7. The average Bonchev–Trinajstić information content (AvgIpc) is 3.03. The zero-order valence-corrected chi connectivity index (χ0v) is 30.7. The van der Waals surface area contributed by atoms with Crippen molar-refractivity contribution in [2.45, 2.75) is 125 Å². The van der Waals surface area contributed by atoms with E-state index in [1.165, 1.54) is 18.6 Å². The highest BCUT2D eigenvalue weighted by Crippen LogP contribution is 2.42. The first-order valence-corrected chi connectivity index (χ1v) is 17.0. The van der Waals surface area contributed by atoms with Gasteiger partial charge in [-0.15, -0.1) is 0 Å². The van der Waals surface area contributed by atoms with Gasteiger partial charge in [0.15, 0.2) is 17.9 Å². The predicted octanol–water partition coefficient (Wildman–Crippen LogP) is 8.42. The average molecular weight is 662 g/mol. The van der Waals surface area contributed by atoms with Crippen LogP contribution < -0.4 is 4.90 Å². The minimum absolute atomic E-state index is 0.0222. The monoisotopic (exact) mass is 661 g/mol. The summed E-state index contributed by atoms with van der Waals surface area (Å²) in [5, 5.41) is 22.6. The van der Waals surface area contributed by atoms with Gasteiger partial charge in [0.25, 0.3) is 0 Å². The van der Waals surface area contributed by atoms with Gasteiger partial charge in [0.2, 0.25) is 6.10 Å². The zero-order valence-electron chi connectivity index (χ0n) is 30.7. The smallest absolute Gasteiger partial charge is 0.303 e. The summed E-state index contributed by atoms with van der Waals surface area (Å²) < 4.78 is 11.1. The number of ether oxygens (including phenoxy) is 2. The van der Waals surface area contributed by atoms with E-state index < -0.39 is 35.3 Å². The standard InChI is InChI=1S/C40H55NO7/c1-12-35(45)47-24-41(32-19-16-27(39(8,9)13-2)22-31(32)40(10,11)14-3)28-17-18-29-26(15-20-33(43)30(29)23-28)21-34(44)36(48-25(4)42)37(46)38(5,6)7/h15-20,22-23,35-36,43,45H,12-14,21,24H2,1-11H3. The lowest BCUT2D eigenvalue weighted by Gasteiger charge is -2.35. The number of rotatable bonds is 15. The first-order valence-electron chi connectivity index (χ1n) is 17.0. The molecule has 0 heterocycles. The van der Waals surface area contributed by atoms with Crippen molar-refractivity contribution in [3.8, 4) is 5.75 Å². The van der Waals surface area contributed by atoms with Crippen LogP contribution in [0.1, 0.15) is 112 Å². The van der Waals surface area contributed by atoms with Crippen LogP contribution in [0.5, 0.6) is 5.75 Å². The van der Waals surface area contributed by atoms with E-state index in [-0.39, 0.29) is 29.7 Å². The number of phenolic OH excluding ortho intramolecular Hbond substituents is 1. The summed E-state index contributed by atoms with van der Waals surface area (Å²) in [7, 11) is 0. The van der Waals surface area contributed by atoms with E-state index in [0.29, 0.717) is 22.8 Å².